The Balaban J connectivity index is 1.61. The normalized spacial score (nSPS) is 13.6. The summed E-state index contributed by atoms with van der Waals surface area (Å²) in [6.45, 7) is 3.03. The third-order valence-electron chi connectivity index (χ3n) is 5.61. The predicted octanol–water partition coefficient (Wildman–Crippen LogP) is 4.02. The van der Waals surface area contributed by atoms with Crippen molar-refractivity contribution in [3.63, 3.8) is 0 Å². The van der Waals surface area contributed by atoms with Crippen LogP contribution in [0.5, 0.6) is 0 Å². The van der Waals surface area contributed by atoms with Gasteiger partial charge in [-0.15, -0.1) is 0 Å². The molecule has 1 heterocycles. The molecule has 0 saturated carbocycles. The zero-order valence-electron chi connectivity index (χ0n) is 17.1. The number of benzene rings is 3. The third kappa shape index (κ3) is 3.71. The number of rotatable bonds is 4. The zero-order chi connectivity index (χ0) is 21.3. The molecule has 0 atom stereocenters. The Bertz CT molecular complexity index is 1200. The maximum atomic E-state index is 13.2. The summed E-state index contributed by atoms with van der Waals surface area (Å²) < 4.78 is 27.7. The van der Waals surface area contributed by atoms with Gasteiger partial charge in [-0.2, -0.15) is 0 Å². The number of hydrogen-bond acceptors (Lipinski definition) is 3. The number of hydrogen-bond donors (Lipinski definition) is 0. The molecule has 1 aliphatic rings. The second-order valence-electron chi connectivity index (χ2n) is 7.53. The van der Waals surface area contributed by atoms with Crippen LogP contribution in [-0.2, 0) is 23.0 Å². The van der Waals surface area contributed by atoms with Crippen LogP contribution in [0.1, 0.15) is 27.0 Å². The van der Waals surface area contributed by atoms with Gasteiger partial charge in [-0.1, -0.05) is 48.5 Å². The molecule has 4 rings (SSSR count). The molecule has 5 nitrogen and oxygen atoms in total. The highest BCUT2D eigenvalue weighted by molar-refractivity contribution is 7.92. The van der Waals surface area contributed by atoms with Gasteiger partial charge >= 0.3 is 0 Å². The molecule has 0 radical (unpaired) electrons. The lowest BCUT2D eigenvalue weighted by atomic mass is 9.99. The SMILES string of the molecule is Cc1ccccc1N(C)S(=O)(=O)c1cccc(C(=O)N2CCc3ccccc3C2)c1. The summed E-state index contributed by atoms with van der Waals surface area (Å²) in [5.74, 6) is -0.153. The molecule has 30 heavy (non-hydrogen) atoms. The minimum absolute atomic E-state index is 0.108. The van der Waals surface area contributed by atoms with Crippen molar-refractivity contribution in [2.24, 2.45) is 0 Å². The molecular weight excluding hydrogens is 396 g/mol. The van der Waals surface area contributed by atoms with Crippen molar-refractivity contribution in [2.45, 2.75) is 24.8 Å². The summed E-state index contributed by atoms with van der Waals surface area (Å²) in [5.41, 5.74) is 4.26. The first-order chi connectivity index (χ1) is 14.4. The van der Waals surface area contributed by atoms with Crippen LogP contribution in [-0.4, -0.2) is 32.8 Å². The first-order valence-corrected chi connectivity index (χ1v) is 11.3. The second kappa shape index (κ2) is 7.95. The number of carbonyl (C=O) groups excluding carboxylic acids is 1. The van der Waals surface area contributed by atoms with Crippen LogP contribution < -0.4 is 4.31 Å². The largest absolute Gasteiger partial charge is 0.334 e. The number of amides is 1. The van der Waals surface area contributed by atoms with E-state index in [-0.39, 0.29) is 10.8 Å². The van der Waals surface area contributed by atoms with Crippen molar-refractivity contribution in [2.75, 3.05) is 17.9 Å². The van der Waals surface area contributed by atoms with Gasteiger partial charge in [0.05, 0.1) is 10.6 Å². The first kappa shape index (κ1) is 20.2. The summed E-state index contributed by atoms with van der Waals surface area (Å²) in [6.07, 6.45) is 0.802. The molecule has 0 N–H and O–H groups in total. The van der Waals surface area contributed by atoms with Crippen molar-refractivity contribution >= 4 is 21.6 Å². The van der Waals surface area contributed by atoms with Gasteiger partial charge in [-0.05, 0) is 54.3 Å². The minimum Gasteiger partial charge on any atom is -0.334 e. The molecule has 0 saturated heterocycles. The van der Waals surface area contributed by atoms with Gasteiger partial charge in [0.1, 0.15) is 0 Å². The van der Waals surface area contributed by atoms with Crippen molar-refractivity contribution in [3.8, 4) is 0 Å². The average molecular weight is 421 g/mol. The van der Waals surface area contributed by atoms with Crippen LogP contribution >= 0.6 is 0 Å². The van der Waals surface area contributed by atoms with Crippen LogP contribution in [0, 0.1) is 6.92 Å². The third-order valence-corrected chi connectivity index (χ3v) is 7.38. The molecule has 3 aromatic rings. The van der Waals surface area contributed by atoms with E-state index in [9.17, 15) is 13.2 Å². The van der Waals surface area contributed by atoms with Gasteiger partial charge in [0.2, 0.25) is 0 Å². The Morgan fingerprint density at radius 1 is 0.933 bits per heavy atom. The molecule has 1 aliphatic heterocycles. The van der Waals surface area contributed by atoms with Crippen molar-refractivity contribution in [1.82, 2.24) is 4.90 Å². The van der Waals surface area contributed by atoms with Gasteiger partial charge in [0, 0.05) is 25.7 Å². The predicted molar refractivity (Wildman–Crippen MR) is 118 cm³/mol. The van der Waals surface area contributed by atoms with Crippen molar-refractivity contribution < 1.29 is 13.2 Å². The van der Waals surface area contributed by atoms with Crippen LogP contribution in [0.2, 0.25) is 0 Å². The fourth-order valence-electron chi connectivity index (χ4n) is 3.85. The molecule has 1 amide bonds. The van der Waals surface area contributed by atoms with E-state index in [4.69, 9.17) is 0 Å². The topological polar surface area (TPSA) is 57.7 Å². The van der Waals surface area contributed by atoms with E-state index in [0.717, 1.165) is 17.5 Å². The van der Waals surface area contributed by atoms with Gasteiger partial charge in [-0.3, -0.25) is 9.10 Å². The van der Waals surface area contributed by atoms with Crippen molar-refractivity contribution in [1.29, 1.82) is 0 Å². The molecule has 154 valence electrons. The second-order valence-corrected chi connectivity index (χ2v) is 9.50. The minimum atomic E-state index is -3.79. The Morgan fingerprint density at radius 3 is 2.40 bits per heavy atom. The van der Waals surface area contributed by atoms with E-state index in [0.29, 0.717) is 24.3 Å². The standard InChI is InChI=1S/C24H24N2O3S/c1-18-8-3-6-13-23(18)25(2)30(28,29)22-12-7-11-20(16-22)24(27)26-15-14-19-9-4-5-10-21(19)17-26/h3-13,16H,14-15,17H2,1-2H3. The van der Waals surface area contributed by atoms with Gasteiger partial charge in [0.25, 0.3) is 15.9 Å². The van der Waals surface area contributed by atoms with Crippen molar-refractivity contribution in [3.05, 3.63) is 95.1 Å². The fraction of sp³-hybridized carbons (Fsp3) is 0.208. The van der Waals surface area contributed by atoms with Crippen LogP contribution in [0.3, 0.4) is 0 Å². The molecule has 3 aromatic carbocycles. The Morgan fingerprint density at radius 2 is 1.63 bits per heavy atom. The molecule has 0 spiro atoms. The zero-order valence-corrected chi connectivity index (χ0v) is 17.9. The summed E-state index contributed by atoms with van der Waals surface area (Å²) >= 11 is 0. The molecular formula is C24H24N2O3S. The number of nitrogens with zero attached hydrogens (tertiary/aromatic N) is 2. The van der Waals surface area contributed by atoms with Crippen LogP contribution in [0.25, 0.3) is 0 Å². The maximum absolute atomic E-state index is 13.2. The molecule has 0 aromatic heterocycles. The lowest BCUT2D eigenvalue weighted by Crippen LogP contribution is -2.36. The first-order valence-electron chi connectivity index (χ1n) is 9.88. The Hall–Kier alpha value is -3.12. The molecule has 0 unspecified atom stereocenters. The number of para-hydroxylation sites is 1. The van der Waals surface area contributed by atoms with E-state index in [2.05, 4.69) is 6.07 Å². The molecule has 6 heteroatoms. The van der Waals surface area contributed by atoms with Gasteiger partial charge < -0.3 is 4.90 Å². The number of aryl methyl sites for hydroxylation is 1. The number of anilines is 1. The van der Waals surface area contributed by atoms with Crippen LogP contribution in [0.15, 0.2) is 77.7 Å². The van der Waals surface area contributed by atoms with E-state index in [1.807, 2.05) is 43.3 Å². The monoisotopic (exact) mass is 420 g/mol. The quantitative estimate of drug-likeness (QED) is 0.641. The Kier molecular flexibility index (Phi) is 5.35. The highest BCUT2D eigenvalue weighted by atomic mass is 32.2. The van der Waals surface area contributed by atoms with Crippen LogP contribution in [0.4, 0.5) is 5.69 Å². The summed E-state index contributed by atoms with van der Waals surface area (Å²) in [5, 5.41) is 0. The molecule has 0 fully saturated rings. The number of sulfonamides is 1. The van der Waals surface area contributed by atoms with E-state index in [1.54, 1.807) is 23.1 Å². The van der Waals surface area contributed by atoms with E-state index >= 15 is 0 Å². The fourth-order valence-corrected chi connectivity index (χ4v) is 5.15. The lowest BCUT2D eigenvalue weighted by molar-refractivity contribution is 0.0734. The lowest BCUT2D eigenvalue weighted by Gasteiger charge is -2.29. The summed E-state index contributed by atoms with van der Waals surface area (Å²) in [4.78, 5) is 15.0. The summed E-state index contributed by atoms with van der Waals surface area (Å²) in [7, 11) is -2.25. The highest BCUT2D eigenvalue weighted by Gasteiger charge is 2.26. The van der Waals surface area contributed by atoms with Gasteiger partial charge in [-0.25, -0.2) is 8.42 Å². The maximum Gasteiger partial charge on any atom is 0.264 e. The smallest absolute Gasteiger partial charge is 0.264 e. The average Bonchev–Trinajstić information content (AvgIpc) is 2.78. The molecule has 0 bridgehead atoms. The molecule has 0 aliphatic carbocycles. The summed E-state index contributed by atoms with van der Waals surface area (Å²) in [6, 6.07) is 21.7. The van der Waals surface area contributed by atoms with Gasteiger partial charge in [0.15, 0.2) is 0 Å². The van der Waals surface area contributed by atoms with E-state index < -0.39 is 10.0 Å². The number of fused-ring (bicyclic) bond motifs is 1. The van der Waals surface area contributed by atoms with E-state index in [1.165, 1.54) is 29.0 Å². The number of carbonyl (C=O) groups is 1. The highest BCUT2D eigenvalue weighted by Crippen LogP contribution is 2.26. The Labute approximate surface area is 177 Å².